The van der Waals surface area contributed by atoms with Gasteiger partial charge in [-0.05, 0) is 44.1 Å². The number of piperazine rings is 1. The number of aromatic nitrogens is 1. The van der Waals surface area contributed by atoms with Gasteiger partial charge in [-0.1, -0.05) is 30.8 Å². The van der Waals surface area contributed by atoms with Crippen LogP contribution in [0.3, 0.4) is 0 Å². The molecule has 10 heteroatoms. The average molecular weight is 574 g/mol. The van der Waals surface area contributed by atoms with Crippen molar-refractivity contribution in [2.24, 2.45) is 0 Å². The molecule has 2 saturated heterocycles. The van der Waals surface area contributed by atoms with E-state index in [1.54, 1.807) is 23.2 Å². The number of benzene rings is 2. The maximum absolute atomic E-state index is 13.8. The highest BCUT2D eigenvalue weighted by Gasteiger charge is 2.28. The summed E-state index contributed by atoms with van der Waals surface area (Å²) in [5.74, 6) is 0.506. The van der Waals surface area contributed by atoms with E-state index in [4.69, 9.17) is 16.3 Å². The maximum Gasteiger partial charge on any atom is 0.256 e. The number of rotatable bonds is 7. The van der Waals surface area contributed by atoms with Gasteiger partial charge in [0.05, 0.1) is 11.1 Å². The fourth-order valence-corrected chi connectivity index (χ4v) is 5.96. The third-order valence-electron chi connectivity index (χ3n) is 8.06. The number of likely N-dealkylation sites (tertiary alicyclic amines) is 1. The van der Waals surface area contributed by atoms with Crippen molar-refractivity contribution < 1.29 is 14.3 Å². The summed E-state index contributed by atoms with van der Waals surface area (Å²) in [6.07, 6.45) is 5.42. The van der Waals surface area contributed by atoms with Crippen molar-refractivity contribution in [3.05, 3.63) is 82.1 Å². The van der Waals surface area contributed by atoms with Crippen molar-refractivity contribution >= 4 is 40.0 Å². The van der Waals surface area contributed by atoms with Gasteiger partial charge in [-0.3, -0.25) is 14.4 Å². The van der Waals surface area contributed by atoms with Crippen LogP contribution in [0.4, 0.5) is 5.69 Å². The van der Waals surface area contributed by atoms with Gasteiger partial charge >= 0.3 is 0 Å². The van der Waals surface area contributed by atoms with Crippen LogP contribution >= 0.6 is 11.6 Å². The summed E-state index contributed by atoms with van der Waals surface area (Å²) in [5, 5.41) is 3.86. The number of nitrogens with zero attached hydrogens (tertiary/aromatic N) is 4. The SMILES string of the molecule is C=CC(=C)C(=O)N1CCN(c2cc3c4c(c2)c(=O)c(C(=O)NCCN2CCCC2)cn4-c2ccc(Cl)cc2O3)CC1. The second-order valence-corrected chi connectivity index (χ2v) is 11.0. The van der Waals surface area contributed by atoms with Crippen LogP contribution in [0.1, 0.15) is 23.2 Å². The standard InChI is InChI=1S/C31H32ClN5O4/c1-3-20(2)31(40)36-14-12-35(13-15-36)22-17-23-28-27(18-22)41-26-16-21(32)6-7-25(26)37(28)19-24(29(23)38)30(39)33-8-11-34-9-4-5-10-34/h3,6-7,16-19H,1-2,4-5,8-15H2,(H,33,39). The Labute approximate surface area is 243 Å². The lowest BCUT2D eigenvalue weighted by molar-refractivity contribution is -0.127. The molecule has 2 amide bonds. The number of nitrogens with one attached hydrogen (secondary N) is 1. The molecule has 6 rings (SSSR count). The molecule has 1 N–H and O–H groups in total. The van der Waals surface area contributed by atoms with E-state index >= 15 is 0 Å². The maximum atomic E-state index is 13.8. The number of pyridine rings is 1. The monoisotopic (exact) mass is 573 g/mol. The number of anilines is 1. The van der Waals surface area contributed by atoms with E-state index in [-0.39, 0.29) is 16.9 Å². The van der Waals surface area contributed by atoms with Gasteiger partial charge in [-0.25, -0.2) is 0 Å². The number of fused-ring (bicyclic) bond motifs is 2. The van der Waals surface area contributed by atoms with E-state index in [0.29, 0.717) is 71.4 Å². The Kier molecular flexibility index (Phi) is 7.32. The van der Waals surface area contributed by atoms with Crippen molar-refractivity contribution in [2.75, 3.05) is 57.3 Å². The van der Waals surface area contributed by atoms with Gasteiger partial charge in [-0.2, -0.15) is 0 Å². The highest BCUT2D eigenvalue weighted by atomic mass is 35.5. The first kappa shape index (κ1) is 27.1. The highest BCUT2D eigenvalue weighted by Crippen LogP contribution is 2.42. The molecule has 3 aliphatic rings. The van der Waals surface area contributed by atoms with Crippen LogP contribution in [0.25, 0.3) is 16.6 Å². The fraction of sp³-hybridized carbons (Fsp3) is 0.323. The van der Waals surface area contributed by atoms with Crippen LogP contribution in [0, 0.1) is 0 Å². The third kappa shape index (κ3) is 5.11. The predicted octanol–water partition coefficient (Wildman–Crippen LogP) is 3.97. The van der Waals surface area contributed by atoms with Crippen LogP contribution < -0.4 is 20.4 Å². The molecule has 0 atom stereocenters. The third-order valence-corrected chi connectivity index (χ3v) is 8.29. The molecule has 0 bridgehead atoms. The van der Waals surface area contributed by atoms with E-state index in [1.807, 2.05) is 22.8 Å². The van der Waals surface area contributed by atoms with Gasteiger partial charge < -0.3 is 29.3 Å². The van der Waals surface area contributed by atoms with Crippen LogP contribution in [-0.2, 0) is 4.79 Å². The topological polar surface area (TPSA) is 87.1 Å². The van der Waals surface area contributed by atoms with Crippen LogP contribution in [-0.4, -0.2) is 78.5 Å². The van der Waals surface area contributed by atoms with Gasteiger partial charge in [0, 0.05) is 73.9 Å². The molecule has 0 spiro atoms. The smallest absolute Gasteiger partial charge is 0.256 e. The van der Waals surface area contributed by atoms with Crippen molar-refractivity contribution in [3.63, 3.8) is 0 Å². The first-order valence-electron chi connectivity index (χ1n) is 13.9. The van der Waals surface area contributed by atoms with Crippen LogP contribution in [0.15, 0.2) is 66.1 Å². The number of hydrogen-bond donors (Lipinski definition) is 1. The Morgan fingerprint density at radius 2 is 1.78 bits per heavy atom. The summed E-state index contributed by atoms with van der Waals surface area (Å²) in [5.41, 5.74) is 2.16. The summed E-state index contributed by atoms with van der Waals surface area (Å²) in [4.78, 5) is 45.9. The minimum absolute atomic E-state index is 0.0724. The molecular weight excluding hydrogens is 542 g/mol. The molecule has 1 aromatic heterocycles. The van der Waals surface area contributed by atoms with Gasteiger partial charge in [0.1, 0.15) is 11.1 Å². The fourth-order valence-electron chi connectivity index (χ4n) is 5.80. The second-order valence-electron chi connectivity index (χ2n) is 10.6. The Morgan fingerprint density at radius 1 is 1.02 bits per heavy atom. The Balaban J connectivity index is 1.36. The minimum atomic E-state index is -0.400. The molecule has 9 nitrogen and oxygen atoms in total. The summed E-state index contributed by atoms with van der Waals surface area (Å²) in [7, 11) is 0. The minimum Gasteiger partial charge on any atom is -0.453 e. The number of ether oxygens (including phenoxy) is 1. The van der Waals surface area contributed by atoms with Crippen molar-refractivity contribution in [3.8, 4) is 17.2 Å². The summed E-state index contributed by atoms with van der Waals surface area (Å²) < 4.78 is 8.13. The van der Waals surface area contributed by atoms with Gasteiger partial charge in [-0.15, -0.1) is 0 Å². The number of hydrogen-bond acceptors (Lipinski definition) is 6. The molecule has 0 radical (unpaired) electrons. The first-order valence-corrected chi connectivity index (χ1v) is 14.3. The second kappa shape index (κ2) is 11.1. The van der Waals surface area contributed by atoms with E-state index in [9.17, 15) is 14.4 Å². The molecule has 2 fully saturated rings. The molecule has 0 saturated carbocycles. The van der Waals surface area contributed by atoms with E-state index in [0.717, 1.165) is 25.3 Å². The lowest BCUT2D eigenvalue weighted by atomic mass is 10.1. The van der Waals surface area contributed by atoms with Gasteiger partial charge in [0.25, 0.3) is 11.8 Å². The number of halogens is 1. The molecule has 41 heavy (non-hydrogen) atoms. The zero-order chi connectivity index (χ0) is 28.7. The van der Waals surface area contributed by atoms with Crippen molar-refractivity contribution in [1.82, 2.24) is 19.7 Å². The average Bonchev–Trinajstić information content (AvgIpc) is 3.51. The van der Waals surface area contributed by atoms with Crippen LogP contribution in [0.5, 0.6) is 11.5 Å². The van der Waals surface area contributed by atoms with Crippen molar-refractivity contribution in [2.45, 2.75) is 12.8 Å². The first-order chi connectivity index (χ1) is 19.8. The molecule has 3 aromatic rings. The molecule has 3 aliphatic heterocycles. The lowest BCUT2D eigenvalue weighted by Crippen LogP contribution is -2.49. The quantitative estimate of drug-likeness (QED) is 0.266. The number of carbonyl (C=O) groups excluding carboxylic acids is 2. The number of carbonyl (C=O) groups is 2. The molecular formula is C31H32ClN5O4. The normalized spacial score (nSPS) is 16.3. The van der Waals surface area contributed by atoms with E-state index in [2.05, 4.69) is 28.3 Å². The summed E-state index contributed by atoms with van der Waals surface area (Å²) in [6.45, 7) is 12.8. The van der Waals surface area contributed by atoms with Gasteiger partial charge in [0.2, 0.25) is 5.43 Å². The Morgan fingerprint density at radius 3 is 2.51 bits per heavy atom. The molecule has 2 aromatic carbocycles. The Hall–Kier alpha value is -4.08. The zero-order valence-corrected chi connectivity index (χ0v) is 23.6. The van der Waals surface area contributed by atoms with Gasteiger partial charge in [0.15, 0.2) is 11.5 Å². The van der Waals surface area contributed by atoms with Crippen LogP contribution in [0.2, 0.25) is 5.02 Å². The Bertz CT molecular complexity index is 1630. The molecule has 212 valence electrons. The summed E-state index contributed by atoms with van der Waals surface area (Å²) in [6, 6.07) is 9.02. The predicted molar refractivity (Wildman–Crippen MR) is 161 cm³/mol. The highest BCUT2D eigenvalue weighted by molar-refractivity contribution is 6.30. The van der Waals surface area contributed by atoms with E-state index < -0.39 is 5.91 Å². The largest absolute Gasteiger partial charge is 0.453 e. The van der Waals surface area contributed by atoms with E-state index in [1.165, 1.54) is 18.9 Å². The summed E-state index contributed by atoms with van der Waals surface area (Å²) >= 11 is 6.29. The molecule has 0 aliphatic carbocycles. The lowest BCUT2D eigenvalue weighted by Gasteiger charge is -2.36. The van der Waals surface area contributed by atoms with Crippen molar-refractivity contribution in [1.29, 1.82) is 0 Å². The molecule has 4 heterocycles. The zero-order valence-electron chi connectivity index (χ0n) is 22.8. The molecule has 0 unspecified atom stereocenters. The number of amides is 2.